The molecule has 2 aromatic rings. The number of halogens is 1. The van der Waals surface area contributed by atoms with Crippen molar-refractivity contribution in [2.45, 2.75) is 59.2 Å². The summed E-state index contributed by atoms with van der Waals surface area (Å²) >= 11 is 0. The maximum absolute atomic E-state index is 14.7. The van der Waals surface area contributed by atoms with Crippen LogP contribution in [0.4, 0.5) is 26.4 Å². The fourth-order valence-corrected chi connectivity index (χ4v) is 3.53. The minimum Gasteiger partial charge on any atom is -0.473 e. The molecule has 0 spiro atoms. The average molecular weight is 501 g/mol. The van der Waals surface area contributed by atoms with E-state index in [2.05, 4.69) is 40.5 Å². The summed E-state index contributed by atoms with van der Waals surface area (Å²) < 4.78 is 25.7. The molecule has 36 heavy (non-hydrogen) atoms. The Morgan fingerprint density at radius 2 is 2.00 bits per heavy atom. The van der Waals surface area contributed by atoms with E-state index in [0.29, 0.717) is 37.5 Å². The molecule has 1 aliphatic rings. The van der Waals surface area contributed by atoms with Gasteiger partial charge in [0.2, 0.25) is 5.88 Å². The molecular formula is C25H33FN6O4. The molecule has 10 nitrogen and oxygen atoms in total. The van der Waals surface area contributed by atoms with Crippen LogP contribution in [0.25, 0.3) is 0 Å². The molecule has 0 radical (unpaired) electrons. The van der Waals surface area contributed by atoms with Gasteiger partial charge in [-0.15, -0.1) is 5.06 Å². The number of ether oxygens (including phenoxy) is 2. The van der Waals surface area contributed by atoms with Gasteiger partial charge in [-0.2, -0.15) is 5.26 Å². The normalized spacial score (nSPS) is 14.4. The zero-order valence-electron chi connectivity index (χ0n) is 21.1. The smallest absolute Gasteiger partial charge is 0.473 e. The summed E-state index contributed by atoms with van der Waals surface area (Å²) in [5.41, 5.74) is 0.943. The van der Waals surface area contributed by atoms with Crippen molar-refractivity contribution >= 4 is 23.3 Å². The lowest BCUT2D eigenvalue weighted by Gasteiger charge is -2.30. The number of hydrogen-bond donors (Lipinski definition) is 2. The fourth-order valence-electron chi connectivity index (χ4n) is 3.53. The molecule has 1 saturated heterocycles. The van der Waals surface area contributed by atoms with Crippen LogP contribution in [-0.4, -0.2) is 53.0 Å². The van der Waals surface area contributed by atoms with Crippen molar-refractivity contribution < 1.29 is 23.5 Å². The molecule has 0 aliphatic carbocycles. The molecule has 11 heteroatoms. The number of anilines is 3. The molecular weight excluding hydrogens is 467 g/mol. The highest BCUT2D eigenvalue weighted by Gasteiger charge is 2.26. The van der Waals surface area contributed by atoms with Crippen molar-refractivity contribution in [3.8, 4) is 11.9 Å². The number of aromatic nitrogens is 2. The topological polar surface area (TPSA) is 122 Å². The first kappa shape index (κ1) is 26.9. The van der Waals surface area contributed by atoms with Crippen LogP contribution >= 0.6 is 0 Å². The Balaban J connectivity index is 1.60. The maximum Gasteiger partial charge on any atom is 0.528 e. The van der Waals surface area contributed by atoms with E-state index in [1.54, 1.807) is 26.0 Å². The lowest BCUT2D eigenvalue weighted by Crippen LogP contribution is -2.40. The molecule has 0 atom stereocenters. The van der Waals surface area contributed by atoms with E-state index in [0.717, 1.165) is 13.0 Å². The average Bonchev–Trinajstić information content (AvgIpc) is 2.81. The van der Waals surface area contributed by atoms with Crippen LogP contribution in [0.2, 0.25) is 0 Å². The zero-order chi connectivity index (χ0) is 26.1. The number of carbonyl (C=O) groups excluding carboxylic acids is 1. The number of nitrogens with one attached hydrogen (secondary N) is 2. The van der Waals surface area contributed by atoms with Crippen LogP contribution in [-0.2, 0) is 9.57 Å². The Morgan fingerprint density at radius 1 is 1.25 bits per heavy atom. The third kappa shape index (κ3) is 7.95. The summed E-state index contributed by atoms with van der Waals surface area (Å²) in [5.74, 6) is 0.342. The molecule has 0 unspecified atom stereocenters. The third-order valence-corrected chi connectivity index (χ3v) is 5.41. The number of nitrogens with zero attached hydrogens (tertiary/aromatic N) is 4. The van der Waals surface area contributed by atoms with Gasteiger partial charge in [-0.05, 0) is 44.4 Å². The van der Waals surface area contributed by atoms with E-state index in [9.17, 15) is 14.4 Å². The Bertz CT molecular complexity index is 1070. The first-order valence-corrected chi connectivity index (χ1v) is 12.1. The number of carbonyl (C=O) groups is 1. The maximum atomic E-state index is 14.7. The number of benzene rings is 1. The molecule has 0 saturated carbocycles. The summed E-state index contributed by atoms with van der Waals surface area (Å²) in [6, 6.07) is 6.82. The number of hydrogen-bond acceptors (Lipinski definition) is 10. The first-order chi connectivity index (χ1) is 17.2. The summed E-state index contributed by atoms with van der Waals surface area (Å²) in [6.45, 7) is 9.39. The van der Waals surface area contributed by atoms with Crippen molar-refractivity contribution in [2.24, 2.45) is 5.92 Å². The first-order valence-electron chi connectivity index (χ1n) is 12.1. The van der Waals surface area contributed by atoms with E-state index >= 15 is 0 Å². The third-order valence-electron chi connectivity index (χ3n) is 5.41. The molecule has 2 N–H and O–H groups in total. The van der Waals surface area contributed by atoms with Crippen molar-refractivity contribution in [3.05, 3.63) is 35.9 Å². The number of nitriles is 1. The second-order valence-electron chi connectivity index (χ2n) is 9.20. The molecule has 194 valence electrons. The Kier molecular flexibility index (Phi) is 9.64. The fraction of sp³-hybridized carbons (Fsp3) is 0.520. The molecule has 0 bridgehead atoms. The van der Waals surface area contributed by atoms with Crippen molar-refractivity contribution in [2.75, 3.05) is 30.3 Å². The second kappa shape index (κ2) is 12.9. The standard InChI is InChI=1S/C25H33FN6O4/c1-16(2)7-10-28-18-5-6-22(21(26)13-18)31-23-20(14-27)24(30-15-29-23)35-19-8-11-32(12-9-19)36-25(33)34-17(3)4/h5-6,13,15-17,19,28H,7-12H2,1-4H3,(H,29,30,31). The highest BCUT2D eigenvalue weighted by atomic mass is 19.1. The van der Waals surface area contributed by atoms with Crippen LogP contribution in [0.3, 0.4) is 0 Å². The molecule has 0 amide bonds. The van der Waals surface area contributed by atoms with Crippen LogP contribution < -0.4 is 15.4 Å². The van der Waals surface area contributed by atoms with Crippen LogP contribution in [0.1, 0.15) is 52.5 Å². The number of rotatable bonds is 10. The summed E-state index contributed by atoms with van der Waals surface area (Å²) in [4.78, 5) is 25.1. The van der Waals surface area contributed by atoms with Crippen molar-refractivity contribution in [1.82, 2.24) is 15.0 Å². The minimum absolute atomic E-state index is 0.0789. The lowest BCUT2D eigenvalue weighted by atomic mass is 10.1. The molecule has 2 heterocycles. The second-order valence-corrected chi connectivity index (χ2v) is 9.20. The van der Waals surface area contributed by atoms with E-state index < -0.39 is 12.0 Å². The van der Waals surface area contributed by atoms with Crippen LogP contribution in [0.5, 0.6) is 5.88 Å². The van der Waals surface area contributed by atoms with Gasteiger partial charge < -0.3 is 24.9 Å². The highest BCUT2D eigenvalue weighted by molar-refractivity contribution is 5.67. The largest absolute Gasteiger partial charge is 0.528 e. The van der Waals surface area contributed by atoms with Gasteiger partial charge in [0.25, 0.3) is 0 Å². The monoisotopic (exact) mass is 500 g/mol. The van der Waals surface area contributed by atoms with Crippen LogP contribution in [0.15, 0.2) is 24.5 Å². The van der Waals surface area contributed by atoms with E-state index in [-0.39, 0.29) is 35.2 Å². The van der Waals surface area contributed by atoms with Gasteiger partial charge in [0.1, 0.15) is 24.3 Å². The number of hydroxylamine groups is 2. The van der Waals surface area contributed by atoms with Crippen molar-refractivity contribution in [3.63, 3.8) is 0 Å². The van der Waals surface area contributed by atoms with Crippen LogP contribution in [0, 0.1) is 23.1 Å². The Morgan fingerprint density at radius 3 is 2.64 bits per heavy atom. The predicted octanol–water partition coefficient (Wildman–Crippen LogP) is 5.01. The Labute approximate surface area is 210 Å². The van der Waals surface area contributed by atoms with Gasteiger partial charge in [0, 0.05) is 38.2 Å². The lowest BCUT2D eigenvalue weighted by molar-refractivity contribution is -0.151. The summed E-state index contributed by atoms with van der Waals surface area (Å²) in [6.07, 6.45) is 2.09. The summed E-state index contributed by atoms with van der Waals surface area (Å²) in [7, 11) is 0. The summed E-state index contributed by atoms with van der Waals surface area (Å²) in [5, 5.41) is 17.3. The van der Waals surface area contributed by atoms with Gasteiger partial charge in [-0.3, -0.25) is 0 Å². The van der Waals surface area contributed by atoms with E-state index in [1.165, 1.54) is 17.5 Å². The highest BCUT2D eigenvalue weighted by Crippen LogP contribution is 2.28. The SMILES string of the molecule is CC(C)CCNc1ccc(Nc2ncnc(OC3CCN(OC(=O)OC(C)C)CC3)c2C#N)c(F)c1. The van der Waals surface area contributed by atoms with Gasteiger partial charge in [0.15, 0.2) is 11.4 Å². The predicted molar refractivity (Wildman–Crippen MR) is 132 cm³/mol. The Hall–Kier alpha value is -3.65. The van der Waals surface area contributed by atoms with Gasteiger partial charge in [-0.1, -0.05) is 13.8 Å². The minimum atomic E-state index is -0.741. The molecule has 1 aliphatic heterocycles. The molecule has 1 aromatic carbocycles. The van der Waals surface area contributed by atoms with Crippen molar-refractivity contribution in [1.29, 1.82) is 5.26 Å². The zero-order valence-corrected chi connectivity index (χ0v) is 21.1. The molecule has 1 aromatic heterocycles. The molecule has 1 fully saturated rings. The van der Waals surface area contributed by atoms with Gasteiger partial charge in [0.05, 0.1) is 11.8 Å². The van der Waals surface area contributed by atoms with E-state index in [1.807, 2.05) is 0 Å². The number of piperidine rings is 1. The molecule has 3 rings (SSSR count). The quantitative estimate of drug-likeness (QED) is 0.431. The van der Waals surface area contributed by atoms with Gasteiger partial charge in [-0.25, -0.2) is 19.2 Å². The van der Waals surface area contributed by atoms with Gasteiger partial charge >= 0.3 is 6.16 Å². The van der Waals surface area contributed by atoms with E-state index in [4.69, 9.17) is 14.3 Å².